The number of nitrogens with one attached hydrogen (secondary N) is 2. The highest BCUT2D eigenvalue weighted by atomic mass is 35.5. The zero-order valence-electron chi connectivity index (χ0n) is 15.7. The van der Waals surface area contributed by atoms with Crippen LogP contribution in [0.5, 0.6) is 11.5 Å². The summed E-state index contributed by atoms with van der Waals surface area (Å²) in [5.74, 6) is 0.815. The molecule has 0 aliphatic carbocycles. The van der Waals surface area contributed by atoms with Crippen molar-refractivity contribution in [2.24, 2.45) is 0 Å². The second-order valence-corrected chi connectivity index (χ2v) is 7.20. The Kier molecular flexibility index (Phi) is 6.31. The first-order valence-electron chi connectivity index (χ1n) is 8.69. The first kappa shape index (κ1) is 20.6. The molecule has 6 nitrogen and oxygen atoms in total. The molecule has 0 fully saturated rings. The van der Waals surface area contributed by atoms with E-state index in [1.165, 1.54) is 12.1 Å². The van der Waals surface area contributed by atoms with Crippen molar-refractivity contribution in [3.8, 4) is 11.5 Å². The van der Waals surface area contributed by atoms with E-state index in [1.807, 2.05) is 32.0 Å². The summed E-state index contributed by atoms with van der Waals surface area (Å²) in [7, 11) is 0. The maximum absolute atomic E-state index is 11.3. The largest absolute Gasteiger partial charge is 0.457 e. The number of ether oxygens (including phenoxy) is 1. The molecular weight excluding hydrogens is 410 g/mol. The number of halogens is 1. The number of hydrogen-bond donors (Lipinski definition) is 2. The molecule has 2 N–H and O–H groups in total. The smallest absolute Gasteiger partial charge is 0.275 e. The lowest BCUT2D eigenvalue weighted by Gasteiger charge is -2.14. The highest BCUT2D eigenvalue weighted by Gasteiger charge is 2.13. The van der Waals surface area contributed by atoms with Crippen molar-refractivity contribution < 1.29 is 9.66 Å². The lowest BCUT2D eigenvalue weighted by atomic mass is 10.1. The molecule has 148 valence electrons. The van der Waals surface area contributed by atoms with E-state index in [0.29, 0.717) is 27.3 Å². The van der Waals surface area contributed by atoms with Crippen molar-refractivity contribution in [2.45, 2.75) is 13.8 Å². The van der Waals surface area contributed by atoms with Crippen LogP contribution >= 0.6 is 23.8 Å². The summed E-state index contributed by atoms with van der Waals surface area (Å²) in [6, 6.07) is 17.0. The molecule has 0 aliphatic heterocycles. The zero-order valence-corrected chi connectivity index (χ0v) is 17.3. The average molecular weight is 428 g/mol. The summed E-state index contributed by atoms with van der Waals surface area (Å²) in [5.41, 5.74) is 3.39. The highest BCUT2D eigenvalue weighted by molar-refractivity contribution is 7.80. The fourth-order valence-electron chi connectivity index (χ4n) is 2.63. The Morgan fingerprint density at radius 3 is 2.45 bits per heavy atom. The number of non-ortho nitro benzene ring substituents is 1. The van der Waals surface area contributed by atoms with E-state index in [-0.39, 0.29) is 5.69 Å². The first-order chi connectivity index (χ1) is 13.8. The molecular formula is C21H18ClN3O3S. The minimum Gasteiger partial charge on any atom is -0.457 e. The molecule has 29 heavy (non-hydrogen) atoms. The van der Waals surface area contributed by atoms with Gasteiger partial charge in [0.2, 0.25) is 0 Å². The second-order valence-electron chi connectivity index (χ2n) is 6.36. The lowest BCUT2D eigenvalue weighted by molar-refractivity contribution is -0.384. The molecule has 0 spiro atoms. The molecule has 0 heterocycles. The normalized spacial score (nSPS) is 10.3. The van der Waals surface area contributed by atoms with E-state index in [9.17, 15) is 10.1 Å². The summed E-state index contributed by atoms with van der Waals surface area (Å²) in [5, 5.41) is 18.3. The molecule has 0 aliphatic rings. The molecule has 0 saturated heterocycles. The van der Waals surface area contributed by atoms with Gasteiger partial charge < -0.3 is 15.4 Å². The number of thiocarbonyl (C=S) groups is 1. The molecule has 0 unspecified atom stereocenters. The van der Waals surface area contributed by atoms with Gasteiger partial charge in [0.25, 0.3) is 5.69 Å². The summed E-state index contributed by atoms with van der Waals surface area (Å²) >= 11 is 11.2. The van der Waals surface area contributed by atoms with E-state index in [0.717, 1.165) is 16.8 Å². The Bertz CT molecular complexity index is 1070. The maximum atomic E-state index is 11.3. The van der Waals surface area contributed by atoms with Crippen LogP contribution in [0, 0.1) is 24.0 Å². The quantitative estimate of drug-likeness (QED) is 0.276. The number of anilines is 2. The van der Waals surface area contributed by atoms with Crippen LogP contribution < -0.4 is 15.4 Å². The van der Waals surface area contributed by atoms with Gasteiger partial charge in [-0.05, 0) is 67.5 Å². The lowest BCUT2D eigenvalue weighted by Crippen LogP contribution is -2.19. The standard InChI is InChI=1S/C21H18ClN3O3S/c1-13-4-3-5-20(14(13)2)24-21(29)23-16-10-17(25(26)27)12-19(11-16)28-18-8-6-15(22)7-9-18/h3-12H,1-2H3,(H2,23,24,29). The van der Waals surface area contributed by atoms with Gasteiger partial charge in [0.05, 0.1) is 16.7 Å². The summed E-state index contributed by atoms with van der Waals surface area (Å²) < 4.78 is 5.73. The van der Waals surface area contributed by atoms with Crippen LogP contribution in [0.25, 0.3) is 0 Å². The Hall–Kier alpha value is -3.16. The highest BCUT2D eigenvalue weighted by Crippen LogP contribution is 2.30. The number of benzene rings is 3. The minimum absolute atomic E-state index is 0.117. The zero-order chi connectivity index (χ0) is 21.0. The van der Waals surface area contributed by atoms with Gasteiger partial charge in [-0.2, -0.15) is 0 Å². The van der Waals surface area contributed by atoms with Crippen LogP contribution in [0.3, 0.4) is 0 Å². The molecule has 8 heteroatoms. The van der Waals surface area contributed by atoms with Gasteiger partial charge in [0, 0.05) is 22.8 Å². The van der Waals surface area contributed by atoms with Crippen molar-refractivity contribution in [1.29, 1.82) is 0 Å². The van der Waals surface area contributed by atoms with E-state index >= 15 is 0 Å². The van der Waals surface area contributed by atoms with Crippen LogP contribution in [-0.2, 0) is 0 Å². The van der Waals surface area contributed by atoms with Gasteiger partial charge in [-0.3, -0.25) is 10.1 Å². The molecule has 0 amide bonds. The van der Waals surface area contributed by atoms with Crippen LogP contribution in [0.2, 0.25) is 5.02 Å². The van der Waals surface area contributed by atoms with E-state index < -0.39 is 4.92 Å². The van der Waals surface area contributed by atoms with Crippen molar-refractivity contribution in [3.63, 3.8) is 0 Å². The third-order valence-electron chi connectivity index (χ3n) is 4.26. The van der Waals surface area contributed by atoms with Gasteiger partial charge in [-0.1, -0.05) is 23.7 Å². The Morgan fingerprint density at radius 2 is 1.76 bits per heavy atom. The molecule has 3 aromatic rings. The Morgan fingerprint density at radius 1 is 1.03 bits per heavy atom. The predicted molar refractivity (Wildman–Crippen MR) is 120 cm³/mol. The van der Waals surface area contributed by atoms with Crippen molar-refractivity contribution in [1.82, 2.24) is 0 Å². The molecule has 0 bridgehead atoms. The number of hydrogen-bond acceptors (Lipinski definition) is 4. The third-order valence-corrected chi connectivity index (χ3v) is 4.72. The van der Waals surface area contributed by atoms with Crippen LogP contribution in [0.15, 0.2) is 60.7 Å². The number of nitro benzene ring substituents is 1. The number of rotatable bonds is 5. The fourth-order valence-corrected chi connectivity index (χ4v) is 2.98. The van der Waals surface area contributed by atoms with Gasteiger partial charge in [0.1, 0.15) is 11.5 Å². The monoisotopic (exact) mass is 427 g/mol. The Labute approximate surface area is 178 Å². The van der Waals surface area contributed by atoms with E-state index in [1.54, 1.807) is 30.3 Å². The second kappa shape index (κ2) is 8.89. The molecule has 0 aromatic heterocycles. The van der Waals surface area contributed by atoms with Gasteiger partial charge >= 0.3 is 0 Å². The predicted octanol–water partition coefficient (Wildman–Crippen LogP) is 6.47. The number of nitro groups is 1. The molecule has 3 rings (SSSR count). The van der Waals surface area contributed by atoms with Gasteiger partial charge in [-0.25, -0.2) is 0 Å². The van der Waals surface area contributed by atoms with E-state index in [2.05, 4.69) is 10.6 Å². The fraction of sp³-hybridized carbons (Fsp3) is 0.0952. The van der Waals surface area contributed by atoms with Crippen LogP contribution in [0.4, 0.5) is 17.1 Å². The summed E-state index contributed by atoms with van der Waals surface area (Å²) in [6.45, 7) is 4.00. The summed E-state index contributed by atoms with van der Waals surface area (Å²) in [6.07, 6.45) is 0. The van der Waals surface area contributed by atoms with Crippen molar-refractivity contribution >= 4 is 46.0 Å². The topological polar surface area (TPSA) is 76.4 Å². The van der Waals surface area contributed by atoms with Crippen LogP contribution in [0.1, 0.15) is 11.1 Å². The van der Waals surface area contributed by atoms with Crippen LogP contribution in [-0.4, -0.2) is 10.0 Å². The molecule has 0 atom stereocenters. The molecule has 0 saturated carbocycles. The third kappa shape index (κ3) is 5.43. The SMILES string of the molecule is Cc1cccc(NC(=S)Nc2cc(Oc3ccc(Cl)cc3)cc([N+](=O)[O-])c2)c1C. The van der Waals surface area contributed by atoms with Gasteiger partial charge in [0.15, 0.2) is 5.11 Å². The van der Waals surface area contributed by atoms with E-state index in [4.69, 9.17) is 28.6 Å². The van der Waals surface area contributed by atoms with Crippen molar-refractivity contribution in [2.75, 3.05) is 10.6 Å². The molecule has 3 aromatic carbocycles. The first-order valence-corrected chi connectivity index (χ1v) is 9.47. The summed E-state index contributed by atoms with van der Waals surface area (Å²) in [4.78, 5) is 10.8. The molecule has 0 radical (unpaired) electrons. The van der Waals surface area contributed by atoms with Gasteiger partial charge in [-0.15, -0.1) is 0 Å². The minimum atomic E-state index is -0.485. The number of nitrogens with zero attached hydrogens (tertiary/aromatic N) is 1. The maximum Gasteiger partial charge on any atom is 0.275 e. The average Bonchev–Trinajstić information content (AvgIpc) is 2.67. The van der Waals surface area contributed by atoms with Crippen molar-refractivity contribution in [3.05, 3.63) is 86.9 Å². The number of aryl methyl sites for hydroxylation is 1. The Balaban J connectivity index is 1.81.